The first-order valence-electron chi connectivity index (χ1n) is 12.2. The molecule has 4 aromatic rings. The lowest BCUT2D eigenvalue weighted by Crippen LogP contribution is -2.49. The summed E-state index contributed by atoms with van der Waals surface area (Å²) >= 11 is 0. The Morgan fingerprint density at radius 2 is 1.81 bits per heavy atom. The van der Waals surface area contributed by atoms with Crippen LogP contribution in [0.4, 0.5) is 10.2 Å². The monoisotopic (exact) mass is 488 g/mol. The number of carbonyl (C=O) groups excluding carboxylic acids is 1. The first kappa shape index (κ1) is 23.7. The van der Waals surface area contributed by atoms with Crippen molar-refractivity contribution in [3.63, 3.8) is 0 Å². The molecule has 0 unspecified atom stereocenters. The fraction of sp³-hybridized carbons (Fsp3) is 0.333. The largest absolute Gasteiger partial charge is 0.497 e. The van der Waals surface area contributed by atoms with Gasteiger partial charge >= 0.3 is 0 Å². The molecule has 1 saturated heterocycles. The van der Waals surface area contributed by atoms with Crippen LogP contribution in [0, 0.1) is 12.7 Å². The van der Waals surface area contributed by atoms with Crippen LogP contribution < -0.4 is 9.64 Å². The van der Waals surface area contributed by atoms with Crippen molar-refractivity contribution in [2.24, 2.45) is 0 Å². The normalized spacial score (nSPS) is 13.9. The number of aromatic nitrogens is 4. The van der Waals surface area contributed by atoms with Crippen LogP contribution >= 0.6 is 0 Å². The highest BCUT2D eigenvalue weighted by atomic mass is 19.1. The lowest BCUT2D eigenvalue weighted by Gasteiger charge is -2.36. The molecule has 1 aliphatic rings. The van der Waals surface area contributed by atoms with Gasteiger partial charge in [-0.1, -0.05) is 13.0 Å². The van der Waals surface area contributed by atoms with Gasteiger partial charge < -0.3 is 14.5 Å². The van der Waals surface area contributed by atoms with Gasteiger partial charge in [0.25, 0.3) is 5.91 Å². The number of piperazine rings is 1. The molecule has 186 valence electrons. The second-order valence-electron chi connectivity index (χ2n) is 8.90. The van der Waals surface area contributed by atoms with E-state index in [1.54, 1.807) is 30.0 Å². The summed E-state index contributed by atoms with van der Waals surface area (Å²) < 4.78 is 20.6. The molecule has 2 aromatic heterocycles. The van der Waals surface area contributed by atoms with E-state index in [1.165, 1.54) is 12.1 Å². The van der Waals surface area contributed by atoms with E-state index in [0.29, 0.717) is 43.1 Å². The zero-order chi connectivity index (χ0) is 25.2. The van der Waals surface area contributed by atoms with E-state index < -0.39 is 0 Å². The summed E-state index contributed by atoms with van der Waals surface area (Å²) in [5, 5.41) is 5.62. The second kappa shape index (κ2) is 9.93. The van der Waals surface area contributed by atoms with Gasteiger partial charge in [-0.2, -0.15) is 5.10 Å². The zero-order valence-corrected chi connectivity index (χ0v) is 20.7. The Labute approximate surface area is 209 Å². The van der Waals surface area contributed by atoms with Gasteiger partial charge in [0.1, 0.15) is 23.2 Å². The van der Waals surface area contributed by atoms with E-state index in [4.69, 9.17) is 19.8 Å². The third-order valence-corrected chi connectivity index (χ3v) is 6.46. The number of methoxy groups -OCH3 is 1. The van der Waals surface area contributed by atoms with Crippen molar-refractivity contribution in [3.8, 4) is 11.4 Å². The first-order chi connectivity index (χ1) is 17.5. The Bertz CT molecular complexity index is 1390. The molecule has 0 atom stereocenters. The highest BCUT2D eigenvalue weighted by molar-refractivity contribution is 5.95. The third-order valence-electron chi connectivity index (χ3n) is 6.46. The molecule has 2 aromatic carbocycles. The molecule has 0 spiro atoms. The van der Waals surface area contributed by atoms with Gasteiger partial charge in [0.15, 0.2) is 5.65 Å². The first-order valence-corrected chi connectivity index (χ1v) is 12.2. The maximum Gasteiger partial charge on any atom is 0.254 e. The van der Waals surface area contributed by atoms with Crippen molar-refractivity contribution in [1.29, 1.82) is 0 Å². The smallest absolute Gasteiger partial charge is 0.254 e. The molecule has 5 rings (SSSR count). The minimum Gasteiger partial charge on any atom is -0.497 e. The van der Waals surface area contributed by atoms with Gasteiger partial charge in [-0.05, 0) is 55.8 Å². The predicted octanol–water partition coefficient (Wildman–Crippen LogP) is 4.19. The highest BCUT2D eigenvalue weighted by Crippen LogP contribution is 2.30. The maximum absolute atomic E-state index is 13.5. The van der Waals surface area contributed by atoms with Crippen molar-refractivity contribution in [1.82, 2.24) is 24.6 Å². The predicted molar refractivity (Wildman–Crippen MR) is 136 cm³/mol. The van der Waals surface area contributed by atoms with Gasteiger partial charge in [-0.15, -0.1) is 0 Å². The van der Waals surface area contributed by atoms with E-state index in [9.17, 15) is 9.18 Å². The van der Waals surface area contributed by atoms with Crippen LogP contribution in [0.3, 0.4) is 0 Å². The molecule has 0 aliphatic carbocycles. The highest BCUT2D eigenvalue weighted by Gasteiger charge is 2.27. The molecule has 0 radical (unpaired) electrons. The quantitative estimate of drug-likeness (QED) is 0.405. The molecule has 3 heterocycles. The van der Waals surface area contributed by atoms with Crippen molar-refractivity contribution in [2.75, 3.05) is 38.2 Å². The van der Waals surface area contributed by atoms with Crippen LogP contribution in [0.1, 0.15) is 35.2 Å². The third kappa shape index (κ3) is 4.48. The van der Waals surface area contributed by atoms with Crippen molar-refractivity contribution >= 4 is 22.8 Å². The van der Waals surface area contributed by atoms with Crippen LogP contribution in [-0.4, -0.2) is 63.8 Å². The summed E-state index contributed by atoms with van der Waals surface area (Å²) in [5.74, 6) is 1.95. The zero-order valence-electron chi connectivity index (χ0n) is 20.7. The van der Waals surface area contributed by atoms with Gasteiger partial charge in [-0.25, -0.2) is 19.0 Å². The number of ether oxygens (including phenoxy) is 1. The average Bonchev–Trinajstić information content (AvgIpc) is 3.24. The number of hydrogen-bond acceptors (Lipinski definition) is 6. The molecule has 1 aliphatic heterocycles. The lowest BCUT2D eigenvalue weighted by molar-refractivity contribution is 0.0746. The molecule has 1 fully saturated rings. The summed E-state index contributed by atoms with van der Waals surface area (Å²) in [7, 11) is 1.60. The summed E-state index contributed by atoms with van der Waals surface area (Å²) in [6.45, 7) is 6.49. The fourth-order valence-corrected chi connectivity index (χ4v) is 4.59. The van der Waals surface area contributed by atoms with Crippen LogP contribution in [0.25, 0.3) is 16.7 Å². The summed E-state index contributed by atoms with van der Waals surface area (Å²) in [6.07, 6.45) is 1.66. The molecule has 0 saturated carbocycles. The number of fused-ring (bicyclic) bond motifs is 1. The van der Waals surface area contributed by atoms with E-state index in [0.717, 1.165) is 41.3 Å². The maximum atomic E-state index is 13.5. The molecule has 36 heavy (non-hydrogen) atoms. The Balaban J connectivity index is 1.45. The number of nitrogens with zero attached hydrogens (tertiary/aromatic N) is 6. The number of carbonyl (C=O) groups is 1. The number of aryl methyl sites for hydroxylation is 2. The van der Waals surface area contributed by atoms with Crippen LogP contribution in [0.15, 0.2) is 48.5 Å². The second-order valence-corrected chi connectivity index (χ2v) is 8.90. The number of amides is 1. The number of hydrogen-bond donors (Lipinski definition) is 0. The number of benzene rings is 2. The van der Waals surface area contributed by atoms with Gasteiger partial charge in [0.05, 0.1) is 23.9 Å². The fourth-order valence-electron chi connectivity index (χ4n) is 4.59. The van der Waals surface area contributed by atoms with E-state index in [-0.39, 0.29) is 11.7 Å². The molecular weight excluding hydrogens is 459 g/mol. The van der Waals surface area contributed by atoms with Gasteiger partial charge in [0.2, 0.25) is 0 Å². The lowest BCUT2D eigenvalue weighted by atomic mass is 10.1. The number of halogens is 1. The summed E-state index contributed by atoms with van der Waals surface area (Å²) in [6, 6.07) is 13.5. The molecule has 8 nitrogen and oxygen atoms in total. The Hall–Kier alpha value is -4.01. The summed E-state index contributed by atoms with van der Waals surface area (Å²) in [4.78, 5) is 26.9. The van der Waals surface area contributed by atoms with Crippen molar-refractivity contribution < 1.29 is 13.9 Å². The van der Waals surface area contributed by atoms with Gasteiger partial charge in [-0.3, -0.25) is 4.79 Å². The topological polar surface area (TPSA) is 76.4 Å². The molecule has 0 N–H and O–H groups in total. The minimum absolute atomic E-state index is 0.00614. The van der Waals surface area contributed by atoms with E-state index in [1.807, 2.05) is 30.0 Å². The molecular formula is C27H29FN6O2. The van der Waals surface area contributed by atoms with E-state index in [2.05, 4.69) is 11.8 Å². The minimum atomic E-state index is -0.296. The van der Waals surface area contributed by atoms with Gasteiger partial charge in [0, 0.05) is 38.2 Å². The van der Waals surface area contributed by atoms with Crippen LogP contribution in [-0.2, 0) is 6.42 Å². The van der Waals surface area contributed by atoms with Crippen molar-refractivity contribution in [2.45, 2.75) is 26.7 Å². The Morgan fingerprint density at radius 3 is 2.50 bits per heavy atom. The SMILES string of the molecule is CCCc1nc(N2CCN(C(=O)c3cccc(OC)c3)CC2)c2c(C)nn(-c3ccc(F)cc3)c2n1. The Morgan fingerprint density at radius 1 is 1.06 bits per heavy atom. The average molecular weight is 489 g/mol. The molecule has 9 heteroatoms. The number of rotatable bonds is 6. The van der Waals surface area contributed by atoms with Crippen LogP contribution in [0.5, 0.6) is 5.75 Å². The van der Waals surface area contributed by atoms with E-state index >= 15 is 0 Å². The van der Waals surface area contributed by atoms with Crippen molar-refractivity contribution in [3.05, 3.63) is 71.4 Å². The van der Waals surface area contributed by atoms with Crippen LogP contribution in [0.2, 0.25) is 0 Å². The Kier molecular flexibility index (Phi) is 6.54. The standard InChI is InChI=1S/C27H29FN6O2/c1-4-6-23-29-25(24-18(2)31-34(26(24)30-23)21-11-9-20(28)10-12-21)32-13-15-33(16-14-32)27(35)19-7-5-8-22(17-19)36-3/h5,7-12,17H,4,6,13-16H2,1-3H3. The summed E-state index contributed by atoms with van der Waals surface area (Å²) in [5.41, 5.74) is 2.88. The molecule has 0 bridgehead atoms. The molecule has 1 amide bonds. The number of anilines is 1.